The zero-order chi connectivity index (χ0) is 20.9. The minimum Gasteiger partial charge on any atom is -0.354 e. The molecular weight excluding hydrogens is 531 g/mol. The molecule has 0 radical (unpaired) electrons. The number of nitrogens with one attached hydrogen (secondary N) is 3. The highest BCUT2D eigenvalue weighted by Crippen LogP contribution is 2.26. The summed E-state index contributed by atoms with van der Waals surface area (Å²) in [7, 11) is 1.72. The van der Waals surface area contributed by atoms with Gasteiger partial charge in [-0.15, -0.1) is 24.0 Å². The van der Waals surface area contributed by atoms with Gasteiger partial charge in [0.25, 0.3) is 0 Å². The Hall–Kier alpha value is -1.88. The number of nitrogens with zero attached hydrogens (tertiary/aromatic N) is 3. The molecule has 2 aliphatic rings. The highest BCUT2D eigenvalue weighted by atomic mass is 127. The molecule has 3 N–H and O–H groups in total. The van der Waals surface area contributed by atoms with E-state index in [1.54, 1.807) is 19.2 Å². The molecule has 1 aromatic heterocycles. The molecular formula is C21H28ClIN6O2. The molecule has 2 aliphatic carbocycles. The summed E-state index contributed by atoms with van der Waals surface area (Å²) < 4.78 is 5.33. The molecule has 10 heteroatoms. The second-order valence-electron chi connectivity index (χ2n) is 7.93. The number of guanidine groups is 1. The first-order valence-corrected chi connectivity index (χ1v) is 10.8. The van der Waals surface area contributed by atoms with E-state index in [0.717, 1.165) is 44.1 Å². The fourth-order valence-electron chi connectivity index (χ4n) is 3.70. The van der Waals surface area contributed by atoms with Gasteiger partial charge in [0.05, 0.1) is 6.54 Å². The maximum Gasteiger partial charge on any atom is 0.246 e. The predicted octanol–water partition coefficient (Wildman–Crippen LogP) is 3.51. The van der Waals surface area contributed by atoms with Crippen LogP contribution in [-0.2, 0) is 11.3 Å². The van der Waals surface area contributed by atoms with Crippen molar-refractivity contribution in [2.24, 2.45) is 10.9 Å². The lowest BCUT2D eigenvalue weighted by Crippen LogP contribution is -2.47. The SMILES string of the molecule is CN=C(NCc1nc(-c2ccc(Cl)cc2)no1)NC1CCCC(C(=O)NC2CC2)C1.I. The average molecular weight is 559 g/mol. The van der Waals surface area contributed by atoms with Crippen LogP contribution in [0.5, 0.6) is 0 Å². The van der Waals surface area contributed by atoms with Gasteiger partial charge in [0.1, 0.15) is 0 Å². The first kappa shape index (κ1) is 23.8. The summed E-state index contributed by atoms with van der Waals surface area (Å²) in [6.45, 7) is 0.360. The summed E-state index contributed by atoms with van der Waals surface area (Å²) in [6, 6.07) is 7.91. The van der Waals surface area contributed by atoms with Gasteiger partial charge in [-0.25, -0.2) is 0 Å². The van der Waals surface area contributed by atoms with Gasteiger partial charge in [-0.05, 0) is 56.4 Å². The fraction of sp³-hybridized carbons (Fsp3) is 0.524. The molecule has 2 atom stereocenters. The van der Waals surface area contributed by atoms with Gasteiger partial charge in [-0.2, -0.15) is 4.98 Å². The third-order valence-corrected chi connectivity index (χ3v) is 5.76. The van der Waals surface area contributed by atoms with Gasteiger partial charge in [0, 0.05) is 35.6 Å². The van der Waals surface area contributed by atoms with Crippen LogP contribution in [-0.4, -0.2) is 41.1 Å². The van der Waals surface area contributed by atoms with E-state index in [1.807, 2.05) is 12.1 Å². The van der Waals surface area contributed by atoms with Gasteiger partial charge in [0.15, 0.2) is 5.96 Å². The fourth-order valence-corrected chi connectivity index (χ4v) is 3.82. The Morgan fingerprint density at radius 1 is 1.16 bits per heavy atom. The minimum absolute atomic E-state index is 0. The lowest BCUT2D eigenvalue weighted by Gasteiger charge is -2.30. The smallest absolute Gasteiger partial charge is 0.246 e. The molecule has 1 heterocycles. The summed E-state index contributed by atoms with van der Waals surface area (Å²) in [6.07, 6.45) is 6.07. The molecule has 1 amide bonds. The number of carbonyl (C=O) groups is 1. The maximum absolute atomic E-state index is 12.4. The molecule has 1 aromatic carbocycles. The first-order valence-electron chi connectivity index (χ1n) is 10.5. The van der Waals surface area contributed by atoms with Crippen LogP contribution in [0.2, 0.25) is 5.02 Å². The van der Waals surface area contributed by atoms with E-state index in [1.165, 1.54) is 0 Å². The Balaban J connectivity index is 0.00000272. The molecule has 31 heavy (non-hydrogen) atoms. The number of benzene rings is 1. The van der Waals surface area contributed by atoms with Crippen LogP contribution in [0.1, 0.15) is 44.4 Å². The number of carbonyl (C=O) groups excluding carboxylic acids is 1. The van der Waals surface area contributed by atoms with Crippen LogP contribution in [0.15, 0.2) is 33.8 Å². The molecule has 4 rings (SSSR count). The lowest BCUT2D eigenvalue weighted by atomic mass is 9.85. The molecule has 2 unspecified atom stereocenters. The van der Waals surface area contributed by atoms with E-state index in [0.29, 0.717) is 35.3 Å². The second kappa shape index (κ2) is 11.1. The van der Waals surface area contributed by atoms with E-state index in [4.69, 9.17) is 16.1 Å². The van der Waals surface area contributed by atoms with Crippen molar-refractivity contribution >= 4 is 47.4 Å². The zero-order valence-electron chi connectivity index (χ0n) is 17.4. The Bertz CT molecular complexity index is 900. The van der Waals surface area contributed by atoms with Crippen molar-refractivity contribution in [3.8, 4) is 11.4 Å². The predicted molar refractivity (Wildman–Crippen MR) is 130 cm³/mol. The number of amides is 1. The summed E-state index contributed by atoms with van der Waals surface area (Å²) in [5, 5.41) is 14.5. The summed E-state index contributed by atoms with van der Waals surface area (Å²) in [5.74, 6) is 1.92. The maximum atomic E-state index is 12.4. The van der Waals surface area contributed by atoms with Crippen molar-refractivity contribution in [2.75, 3.05) is 7.05 Å². The van der Waals surface area contributed by atoms with Crippen LogP contribution in [0.4, 0.5) is 0 Å². The number of aromatic nitrogens is 2. The topological polar surface area (TPSA) is 104 Å². The second-order valence-corrected chi connectivity index (χ2v) is 8.37. The van der Waals surface area contributed by atoms with Gasteiger partial charge < -0.3 is 20.5 Å². The standard InChI is InChI=1S/C21H27ClN6O2.HI/c1-23-21(26-17-4-2-3-14(11-17)20(29)25-16-9-10-16)24-12-18-27-19(28-30-18)13-5-7-15(22)8-6-13;/h5-8,14,16-17H,2-4,9-12H2,1H3,(H,25,29)(H2,23,24,26);1H. The molecule has 0 saturated heterocycles. The Labute approximate surface area is 204 Å². The molecule has 0 aliphatic heterocycles. The van der Waals surface area contributed by atoms with Gasteiger partial charge in [-0.1, -0.05) is 23.2 Å². The van der Waals surface area contributed by atoms with E-state index in [2.05, 4.69) is 31.1 Å². The Morgan fingerprint density at radius 3 is 2.65 bits per heavy atom. The van der Waals surface area contributed by atoms with Crippen molar-refractivity contribution in [1.82, 2.24) is 26.1 Å². The number of rotatable bonds is 6. The lowest BCUT2D eigenvalue weighted by molar-refractivity contribution is -0.126. The summed E-state index contributed by atoms with van der Waals surface area (Å²) >= 11 is 5.92. The quantitative estimate of drug-likeness (QED) is 0.285. The van der Waals surface area contributed by atoms with Crippen LogP contribution in [0.25, 0.3) is 11.4 Å². The average Bonchev–Trinajstić information content (AvgIpc) is 3.45. The van der Waals surface area contributed by atoms with Crippen LogP contribution < -0.4 is 16.0 Å². The van der Waals surface area contributed by atoms with Crippen molar-refractivity contribution < 1.29 is 9.32 Å². The minimum atomic E-state index is 0. The van der Waals surface area contributed by atoms with Crippen molar-refractivity contribution in [3.63, 3.8) is 0 Å². The van der Waals surface area contributed by atoms with E-state index in [9.17, 15) is 4.79 Å². The zero-order valence-corrected chi connectivity index (χ0v) is 20.5. The molecule has 2 fully saturated rings. The molecule has 0 bridgehead atoms. The normalized spacial score (nSPS) is 21.2. The van der Waals surface area contributed by atoms with Crippen molar-refractivity contribution in [1.29, 1.82) is 0 Å². The molecule has 2 saturated carbocycles. The van der Waals surface area contributed by atoms with Crippen molar-refractivity contribution in [3.05, 3.63) is 35.2 Å². The van der Waals surface area contributed by atoms with Gasteiger partial charge >= 0.3 is 0 Å². The van der Waals surface area contributed by atoms with E-state index >= 15 is 0 Å². The highest BCUT2D eigenvalue weighted by Gasteiger charge is 2.31. The van der Waals surface area contributed by atoms with Crippen molar-refractivity contribution in [2.45, 2.75) is 57.2 Å². The van der Waals surface area contributed by atoms with Crippen LogP contribution in [0, 0.1) is 5.92 Å². The molecule has 8 nitrogen and oxygen atoms in total. The number of aliphatic imine (C=N–C) groups is 1. The van der Waals surface area contributed by atoms with Crippen LogP contribution >= 0.6 is 35.6 Å². The first-order chi connectivity index (χ1) is 14.6. The monoisotopic (exact) mass is 558 g/mol. The molecule has 2 aromatic rings. The third kappa shape index (κ3) is 6.80. The number of hydrogen-bond donors (Lipinski definition) is 3. The Morgan fingerprint density at radius 2 is 1.94 bits per heavy atom. The molecule has 168 valence electrons. The summed E-state index contributed by atoms with van der Waals surface area (Å²) in [4.78, 5) is 21.1. The Kier molecular flexibility index (Phi) is 8.53. The third-order valence-electron chi connectivity index (χ3n) is 5.51. The number of hydrogen-bond acceptors (Lipinski definition) is 5. The largest absolute Gasteiger partial charge is 0.354 e. The van der Waals surface area contributed by atoms with Crippen LogP contribution in [0.3, 0.4) is 0 Å². The summed E-state index contributed by atoms with van der Waals surface area (Å²) in [5.41, 5.74) is 0.842. The number of halogens is 2. The van der Waals surface area contributed by atoms with Gasteiger partial charge in [-0.3, -0.25) is 9.79 Å². The molecule has 0 spiro atoms. The van der Waals surface area contributed by atoms with E-state index < -0.39 is 0 Å². The van der Waals surface area contributed by atoms with Gasteiger partial charge in [0.2, 0.25) is 17.6 Å². The highest BCUT2D eigenvalue weighted by molar-refractivity contribution is 14.0. The van der Waals surface area contributed by atoms with E-state index in [-0.39, 0.29) is 41.8 Å².